The van der Waals surface area contributed by atoms with E-state index in [0.717, 1.165) is 13.1 Å². The van der Waals surface area contributed by atoms with E-state index in [0.29, 0.717) is 30.1 Å². The molecule has 6 nitrogen and oxygen atoms in total. The molecular weight excluding hydrogens is 342 g/mol. The van der Waals surface area contributed by atoms with Crippen molar-refractivity contribution < 1.29 is 19.2 Å². The zero-order valence-corrected chi connectivity index (χ0v) is 15.8. The lowest BCUT2D eigenvalue weighted by atomic mass is 10.1. The molecule has 0 aliphatic carbocycles. The van der Waals surface area contributed by atoms with Crippen LogP contribution in [0.3, 0.4) is 0 Å². The number of methoxy groups -OCH3 is 1. The van der Waals surface area contributed by atoms with E-state index >= 15 is 0 Å². The average Bonchev–Trinajstić information content (AvgIpc) is 2.73. The predicted octanol–water partition coefficient (Wildman–Crippen LogP) is 1.06. The minimum absolute atomic E-state index is 0.0441. The Balaban J connectivity index is 1.55. The second-order valence-electron chi connectivity index (χ2n) is 6.73. The van der Waals surface area contributed by atoms with Gasteiger partial charge in [0.25, 0.3) is 11.8 Å². The van der Waals surface area contributed by atoms with Crippen LogP contribution >= 0.6 is 0 Å². The van der Waals surface area contributed by atoms with E-state index in [1.165, 1.54) is 4.90 Å². The highest BCUT2D eigenvalue weighted by Crippen LogP contribution is 2.22. The Morgan fingerprint density at radius 1 is 1.04 bits per heavy atom. The van der Waals surface area contributed by atoms with Gasteiger partial charge >= 0.3 is 0 Å². The van der Waals surface area contributed by atoms with Crippen molar-refractivity contribution in [3.63, 3.8) is 0 Å². The van der Waals surface area contributed by atoms with E-state index in [1.807, 2.05) is 66.4 Å². The third-order valence-corrected chi connectivity index (χ3v) is 5.08. The van der Waals surface area contributed by atoms with Gasteiger partial charge in [0.15, 0.2) is 6.04 Å². The Hall–Kier alpha value is -2.86. The molecule has 2 amide bonds. The van der Waals surface area contributed by atoms with Crippen LogP contribution in [-0.2, 0) is 4.79 Å². The molecule has 1 fully saturated rings. The monoisotopic (exact) mass is 368 g/mol. The van der Waals surface area contributed by atoms with Crippen molar-refractivity contribution in [2.75, 3.05) is 38.6 Å². The summed E-state index contributed by atoms with van der Waals surface area (Å²) in [6.07, 6.45) is 0. The number of hydrogen-bond donors (Lipinski definition) is 2. The zero-order valence-electron chi connectivity index (χ0n) is 15.8. The molecule has 6 heteroatoms. The van der Waals surface area contributed by atoms with Gasteiger partial charge in [-0.15, -0.1) is 0 Å². The number of carbonyl (C=O) groups excluding carboxylic acids is 2. The van der Waals surface area contributed by atoms with Gasteiger partial charge in [-0.1, -0.05) is 30.3 Å². The molecule has 1 heterocycles. The first kappa shape index (κ1) is 18.9. The molecule has 0 saturated carbocycles. The molecule has 3 rings (SSSR count). The molecule has 2 N–H and O–H groups in total. The van der Waals surface area contributed by atoms with Crippen LogP contribution < -0.4 is 15.0 Å². The summed E-state index contributed by atoms with van der Waals surface area (Å²) in [5.74, 6) is 0.657. The Morgan fingerprint density at radius 3 is 2.33 bits per heavy atom. The van der Waals surface area contributed by atoms with E-state index in [1.54, 1.807) is 7.11 Å². The van der Waals surface area contributed by atoms with Crippen LogP contribution in [-0.4, -0.2) is 56.0 Å². The van der Waals surface area contributed by atoms with Gasteiger partial charge in [-0.25, -0.2) is 0 Å². The number of anilines is 1. The third-order valence-electron chi connectivity index (χ3n) is 5.08. The normalized spacial score (nSPS) is 15.9. The molecule has 2 aromatic rings. The summed E-state index contributed by atoms with van der Waals surface area (Å²) in [4.78, 5) is 28.2. The largest absolute Gasteiger partial charge is 0.495 e. The number of para-hydroxylation sites is 2. The van der Waals surface area contributed by atoms with Crippen LogP contribution in [0.4, 0.5) is 5.69 Å². The summed E-state index contributed by atoms with van der Waals surface area (Å²) >= 11 is 0. The minimum Gasteiger partial charge on any atom is -0.495 e. The maximum absolute atomic E-state index is 12.6. The molecule has 1 atom stereocenters. The van der Waals surface area contributed by atoms with Crippen LogP contribution in [0.15, 0.2) is 54.6 Å². The first-order chi connectivity index (χ1) is 13.1. The van der Waals surface area contributed by atoms with Gasteiger partial charge in [-0.05, 0) is 31.2 Å². The summed E-state index contributed by atoms with van der Waals surface area (Å²) in [6, 6.07) is 16.5. The van der Waals surface area contributed by atoms with Crippen LogP contribution in [0.5, 0.6) is 5.75 Å². The van der Waals surface area contributed by atoms with Gasteiger partial charge in [0, 0.05) is 5.56 Å². The maximum Gasteiger partial charge on any atom is 0.282 e. The summed E-state index contributed by atoms with van der Waals surface area (Å²) in [5, 5.41) is 2.95. The molecule has 0 bridgehead atoms. The lowest BCUT2D eigenvalue weighted by molar-refractivity contribution is -0.917. The second-order valence-corrected chi connectivity index (χ2v) is 6.73. The van der Waals surface area contributed by atoms with Gasteiger partial charge in [0.2, 0.25) is 0 Å². The van der Waals surface area contributed by atoms with E-state index in [2.05, 4.69) is 5.32 Å². The molecule has 1 saturated heterocycles. The van der Waals surface area contributed by atoms with Crippen LogP contribution in [0.2, 0.25) is 0 Å². The maximum atomic E-state index is 12.6. The van der Waals surface area contributed by atoms with Crippen LogP contribution in [0.1, 0.15) is 17.3 Å². The number of nitrogens with zero attached hydrogens (tertiary/aromatic N) is 1. The molecule has 0 radical (unpaired) electrons. The van der Waals surface area contributed by atoms with Crippen LogP contribution in [0.25, 0.3) is 0 Å². The minimum atomic E-state index is -0.205. The summed E-state index contributed by atoms with van der Waals surface area (Å²) in [5.41, 5.74) is 1.39. The molecule has 1 aliphatic heterocycles. The van der Waals surface area contributed by atoms with Crippen molar-refractivity contribution in [1.29, 1.82) is 0 Å². The molecule has 1 aliphatic rings. The van der Waals surface area contributed by atoms with Crippen molar-refractivity contribution in [2.45, 2.75) is 13.0 Å². The molecular formula is C21H26N3O3+. The number of hydrogen-bond acceptors (Lipinski definition) is 3. The van der Waals surface area contributed by atoms with Gasteiger partial charge in [0.1, 0.15) is 5.75 Å². The highest BCUT2D eigenvalue weighted by molar-refractivity contribution is 5.95. The Kier molecular flexibility index (Phi) is 6.08. The van der Waals surface area contributed by atoms with Crippen molar-refractivity contribution in [3.05, 3.63) is 60.2 Å². The fourth-order valence-corrected chi connectivity index (χ4v) is 3.37. The van der Waals surface area contributed by atoms with Crippen molar-refractivity contribution in [1.82, 2.24) is 4.90 Å². The number of carbonyl (C=O) groups is 2. The number of benzene rings is 2. The van der Waals surface area contributed by atoms with E-state index in [-0.39, 0.29) is 17.9 Å². The van der Waals surface area contributed by atoms with Crippen molar-refractivity contribution in [2.24, 2.45) is 0 Å². The first-order valence-corrected chi connectivity index (χ1v) is 9.23. The summed E-state index contributed by atoms with van der Waals surface area (Å²) in [7, 11) is 1.59. The quantitative estimate of drug-likeness (QED) is 0.830. The third kappa shape index (κ3) is 4.46. The van der Waals surface area contributed by atoms with Crippen molar-refractivity contribution >= 4 is 17.5 Å². The Labute approximate surface area is 159 Å². The predicted molar refractivity (Wildman–Crippen MR) is 104 cm³/mol. The smallest absolute Gasteiger partial charge is 0.282 e. The SMILES string of the molecule is COc1ccccc1NC(=O)[C@H](C)[NH+]1CCN(C(=O)c2ccccc2)CC1. The van der Waals surface area contributed by atoms with Crippen molar-refractivity contribution in [3.8, 4) is 5.75 Å². The average molecular weight is 368 g/mol. The van der Waals surface area contributed by atoms with Gasteiger partial charge < -0.3 is 19.9 Å². The highest BCUT2D eigenvalue weighted by atomic mass is 16.5. The molecule has 142 valence electrons. The summed E-state index contributed by atoms with van der Waals surface area (Å²) < 4.78 is 5.29. The van der Waals surface area contributed by atoms with Gasteiger partial charge in [-0.2, -0.15) is 0 Å². The number of ether oxygens (including phenoxy) is 1. The van der Waals surface area contributed by atoms with E-state index in [4.69, 9.17) is 4.74 Å². The zero-order chi connectivity index (χ0) is 19.2. The Morgan fingerprint density at radius 2 is 1.67 bits per heavy atom. The van der Waals surface area contributed by atoms with E-state index < -0.39 is 0 Å². The number of piperazine rings is 1. The van der Waals surface area contributed by atoms with Crippen LogP contribution in [0, 0.1) is 0 Å². The number of amides is 2. The van der Waals surface area contributed by atoms with E-state index in [9.17, 15) is 9.59 Å². The molecule has 2 aromatic carbocycles. The van der Waals surface area contributed by atoms with Gasteiger partial charge in [0.05, 0.1) is 39.0 Å². The summed E-state index contributed by atoms with van der Waals surface area (Å²) in [6.45, 7) is 4.72. The molecule has 0 unspecified atom stereocenters. The molecule has 0 aromatic heterocycles. The number of rotatable bonds is 5. The first-order valence-electron chi connectivity index (χ1n) is 9.23. The standard InChI is InChI=1S/C21H25N3O3/c1-16(20(25)22-18-10-6-7-11-19(18)27-2)23-12-14-24(15-13-23)21(26)17-8-4-3-5-9-17/h3-11,16H,12-15H2,1-2H3,(H,22,25)/p+1/t16-/m0/s1. The molecule has 27 heavy (non-hydrogen) atoms. The Bertz CT molecular complexity index is 786. The number of nitrogens with one attached hydrogen (secondary N) is 2. The lowest BCUT2D eigenvalue weighted by Crippen LogP contribution is -3.19. The second kappa shape index (κ2) is 8.68. The highest BCUT2D eigenvalue weighted by Gasteiger charge is 2.31. The van der Waals surface area contributed by atoms with Gasteiger partial charge in [-0.3, -0.25) is 9.59 Å². The molecule has 0 spiro atoms. The lowest BCUT2D eigenvalue weighted by Gasteiger charge is -2.34. The number of quaternary nitrogens is 1. The fourth-order valence-electron chi connectivity index (χ4n) is 3.37. The topological polar surface area (TPSA) is 63.1 Å². The fraction of sp³-hybridized carbons (Fsp3) is 0.333.